The van der Waals surface area contributed by atoms with Crippen LogP contribution in [-0.2, 0) is 17.8 Å². The Balaban J connectivity index is 2.18. The molecule has 1 aromatic carbocycles. The van der Waals surface area contributed by atoms with Crippen molar-refractivity contribution in [1.82, 2.24) is 9.62 Å². The molecule has 1 heterocycles. The number of nitrogens with zero attached hydrogens (tertiary/aromatic N) is 1. The van der Waals surface area contributed by atoms with Crippen LogP contribution in [0.4, 0.5) is 0 Å². The third-order valence-electron chi connectivity index (χ3n) is 4.24. The number of piperidine rings is 1. The van der Waals surface area contributed by atoms with Crippen molar-refractivity contribution in [2.75, 3.05) is 20.1 Å². The molecule has 5 heteroatoms. The van der Waals surface area contributed by atoms with Gasteiger partial charge in [0.15, 0.2) is 0 Å². The van der Waals surface area contributed by atoms with Gasteiger partial charge in [-0.3, -0.25) is 0 Å². The van der Waals surface area contributed by atoms with E-state index in [-0.39, 0.29) is 10.3 Å². The van der Waals surface area contributed by atoms with E-state index >= 15 is 0 Å². The largest absolute Gasteiger partial charge is 0.598 e. The molecule has 1 atom stereocenters. The van der Waals surface area contributed by atoms with Crippen molar-refractivity contribution >= 4 is 23.0 Å². The van der Waals surface area contributed by atoms with Crippen LogP contribution in [-0.4, -0.2) is 39.9 Å². The smallest absolute Gasteiger partial charge is 0.136 e. The van der Waals surface area contributed by atoms with Crippen LogP contribution in [0, 0.1) is 0 Å². The van der Waals surface area contributed by atoms with Crippen molar-refractivity contribution in [3.63, 3.8) is 0 Å². The quantitative estimate of drug-likeness (QED) is 0.852. The highest BCUT2D eigenvalue weighted by Crippen LogP contribution is 2.30. The maximum absolute atomic E-state index is 12.6. The van der Waals surface area contributed by atoms with Gasteiger partial charge in [-0.05, 0) is 77.9 Å². The number of hydrogen-bond acceptors (Lipinski definition) is 3. The summed E-state index contributed by atoms with van der Waals surface area (Å²) in [5, 5.41) is 0.762. The fourth-order valence-corrected chi connectivity index (χ4v) is 3.94. The Kier molecular flexibility index (Phi) is 5.84. The molecule has 124 valence electrons. The number of likely N-dealkylation sites (tertiary alicyclic amines) is 1. The molecule has 0 aromatic heterocycles. The zero-order chi connectivity index (χ0) is 16.4. The molecular formula is C17H27ClN2OS. The first-order valence-electron chi connectivity index (χ1n) is 7.83. The van der Waals surface area contributed by atoms with Gasteiger partial charge in [0.25, 0.3) is 0 Å². The normalized spacial score (nSPS) is 20.8. The number of hydrogen-bond donors (Lipinski definition) is 1. The molecule has 1 aliphatic heterocycles. The Morgan fingerprint density at radius 1 is 1.32 bits per heavy atom. The van der Waals surface area contributed by atoms with Gasteiger partial charge in [-0.1, -0.05) is 23.7 Å². The Labute approximate surface area is 142 Å². The lowest BCUT2D eigenvalue weighted by atomic mass is 9.83. The highest BCUT2D eigenvalue weighted by Gasteiger charge is 2.41. The highest BCUT2D eigenvalue weighted by atomic mass is 35.5. The molecular weight excluding hydrogens is 316 g/mol. The summed E-state index contributed by atoms with van der Waals surface area (Å²) in [6, 6.07) is 8.01. The van der Waals surface area contributed by atoms with E-state index in [1.54, 1.807) is 0 Å². The molecule has 0 radical (unpaired) electrons. The fourth-order valence-electron chi connectivity index (χ4n) is 2.75. The fraction of sp³-hybridized carbons (Fsp3) is 0.647. The highest BCUT2D eigenvalue weighted by molar-refractivity contribution is 7.90. The first-order valence-corrected chi connectivity index (χ1v) is 9.36. The molecule has 1 aromatic rings. The van der Waals surface area contributed by atoms with Gasteiger partial charge in [-0.2, -0.15) is 0 Å². The van der Waals surface area contributed by atoms with E-state index in [0.29, 0.717) is 0 Å². The molecule has 3 nitrogen and oxygen atoms in total. The minimum absolute atomic E-state index is 0.116. The molecule has 1 fully saturated rings. The average Bonchev–Trinajstić information content (AvgIpc) is 2.41. The summed E-state index contributed by atoms with van der Waals surface area (Å²) >= 11 is 5.05. The van der Waals surface area contributed by atoms with Crippen LogP contribution in [0.3, 0.4) is 0 Å². The molecule has 0 spiro atoms. The Bertz CT molecular complexity index is 496. The molecule has 0 saturated carbocycles. The Morgan fingerprint density at radius 2 is 1.95 bits per heavy atom. The summed E-state index contributed by atoms with van der Waals surface area (Å²) in [6.45, 7) is 8.08. The zero-order valence-electron chi connectivity index (χ0n) is 14.0. The van der Waals surface area contributed by atoms with Gasteiger partial charge in [0, 0.05) is 16.4 Å². The maximum Gasteiger partial charge on any atom is 0.136 e. The first kappa shape index (κ1) is 18.1. The van der Waals surface area contributed by atoms with Gasteiger partial charge in [0.05, 0.1) is 5.54 Å². The molecule has 0 aliphatic carbocycles. The second-order valence-electron chi connectivity index (χ2n) is 7.37. The van der Waals surface area contributed by atoms with E-state index in [9.17, 15) is 4.55 Å². The van der Waals surface area contributed by atoms with Crippen molar-refractivity contribution < 1.29 is 4.55 Å². The van der Waals surface area contributed by atoms with Crippen molar-refractivity contribution in [3.05, 3.63) is 34.9 Å². The SMILES string of the molecule is CN1CCC(Cc2cccc(Cl)c2)(N[S+]([O-])C(C)(C)C)CC1. The van der Waals surface area contributed by atoms with Gasteiger partial charge >= 0.3 is 0 Å². The van der Waals surface area contributed by atoms with Crippen molar-refractivity contribution in [2.24, 2.45) is 0 Å². The number of benzene rings is 1. The lowest BCUT2D eigenvalue weighted by molar-refractivity contribution is 0.175. The van der Waals surface area contributed by atoms with Crippen LogP contribution in [0.15, 0.2) is 24.3 Å². The second kappa shape index (κ2) is 7.10. The summed E-state index contributed by atoms with van der Waals surface area (Å²) in [5.41, 5.74) is 1.09. The summed E-state index contributed by atoms with van der Waals surface area (Å²) in [7, 11) is 2.14. The van der Waals surface area contributed by atoms with E-state index in [1.807, 2.05) is 39.0 Å². The van der Waals surface area contributed by atoms with E-state index in [4.69, 9.17) is 11.6 Å². The van der Waals surface area contributed by atoms with Crippen LogP contribution >= 0.6 is 11.6 Å². The summed E-state index contributed by atoms with van der Waals surface area (Å²) in [6.07, 6.45) is 2.86. The summed E-state index contributed by atoms with van der Waals surface area (Å²) < 4.78 is 15.8. The number of nitrogens with one attached hydrogen (secondary N) is 1. The lowest BCUT2D eigenvalue weighted by Gasteiger charge is -2.42. The molecule has 1 unspecified atom stereocenters. The van der Waals surface area contributed by atoms with Crippen molar-refractivity contribution in [3.8, 4) is 0 Å². The van der Waals surface area contributed by atoms with E-state index in [0.717, 1.165) is 37.4 Å². The molecule has 22 heavy (non-hydrogen) atoms. The Hall–Kier alpha value is -0.260. The summed E-state index contributed by atoms with van der Waals surface area (Å²) in [4.78, 5) is 2.33. The lowest BCUT2D eigenvalue weighted by Crippen LogP contribution is -2.58. The second-order valence-corrected chi connectivity index (χ2v) is 9.78. The van der Waals surface area contributed by atoms with Gasteiger partial charge in [0.2, 0.25) is 0 Å². The van der Waals surface area contributed by atoms with Crippen LogP contribution in [0.25, 0.3) is 0 Å². The van der Waals surface area contributed by atoms with Gasteiger partial charge in [-0.15, -0.1) is 4.72 Å². The number of halogens is 1. The third-order valence-corrected chi connectivity index (χ3v) is 6.21. The minimum atomic E-state index is -1.07. The molecule has 2 rings (SSSR count). The van der Waals surface area contributed by atoms with E-state index < -0.39 is 11.4 Å². The topological polar surface area (TPSA) is 38.3 Å². The monoisotopic (exact) mass is 342 g/mol. The van der Waals surface area contributed by atoms with E-state index in [2.05, 4.69) is 22.7 Å². The van der Waals surface area contributed by atoms with E-state index in [1.165, 1.54) is 5.56 Å². The minimum Gasteiger partial charge on any atom is -0.598 e. The Morgan fingerprint density at radius 3 is 2.50 bits per heavy atom. The van der Waals surface area contributed by atoms with Gasteiger partial charge < -0.3 is 9.45 Å². The molecule has 1 saturated heterocycles. The van der Waals surface area contributed by atoms with Gasteiger partial charge in [-0.25, -0.2) is 0 Å². The zero-order valence-corrected chi connectivity index (χ0v) is 15.6. The molecule has 1 aliphatic rings. The van der Waals surface area contributed by atoms with Gasteiger partial charge in [0.1, 0.15) is 4.75 Å². The molecule has 0 bridgehead atoms. The van der Waals surface area contributed by atoms with Crippen LogP contribution in [0.5, 0.6) is 0 Å². The molecule has 0 amide bonds. The van der Waals surface area contributed by atoms with Crippen LogP contribution < -0.4 is 4.72 Å². The van der Waals surface area contributed by atoms with Crippen molar-refractivity contribution in [2.45, 2.75) is 50.3 Å². The number of rotatable bonds is 4. The predicted octanol–water partition coefficient (Wildman–Crippen LogP) is 3.40. The predicted molar refractivity (Wildman–Crippen MR) is 95.6 cm³/mol. The van der Waals surface area contributed by atoms with Crippen LogP contribution in [0.2, 0.25) is 5.02 Å². The first-order chi connectivity index (χ1) is 10.2. The van der Waals surface area contributed by atoms with Crippen molar-refractivity contribution in [1.29, 1.82) is 0 Å². The third kappa shape index (κ3) is 4.87. The molecule has 1 N–H and O–H groups in total. The summed E-state index contributed by atoms with van der Waals surface area (Å²) in [5.74, 6) is 0. The van der Waals surface area contributed by atoms with Crippen LogP contribution in [0.1, 0.15) is 39.2 Å². The average molecular weight is 343 g/mol. The standard InChI is InChI=1S/C17H27ClN2OS/c1-16(2,3)22(21)19-17(8-10-20(4)11-9-17)13-14-6-5-7-15(18)12-14/h5-7,12,19H,8-11,13H2,1-4H3. The maximum atomic E-state index is 12.6.